The molecular formula is C15H11F6N3O4. The number of halogens is 6. The second-order valence-electron chi connectivity index (χ2n) is 5.15. The summed E-state index contributed by atoms with van der Waals surface area (Å²) in [5, 5.41) is 0. The molecule has 0 aliphatic heterocycles. The number of carbonyl (C=O) groups is 1. The van der Waals surface area contributed by atoms with Crippen LogP contribution >= 0.6 is 0 Å². The minimum Gasteiger partial charge on any atom is -0.488 e. The first-order valence-corrected chi connectivity index (χ1v) is 7.17. The number of nitrogen functional groups attached to an aromatic ring is 2. The van der Waals surface area contributed by atoms with Crippen molar-refractivity contribution in [3.8, 4) is 17.2 Å². The molecule has 2 aromatic rings. The number of carbonyl (C=O) groups excluding carboxylic acids is 1. The Balaban J connectivity index is 2.25. The quantitative estimate of drug-likeness (QED) is 0.442. The van der Waals surface area contributed by atoms with Crippen molar-refractivity contribution in [1.29, 1.82) is 0 Å². The average Bonchev–Trinajstić information content (AvgIpc) is 2.50. The van der Waals surface area contributed by atoms with Gasteiger partial charge in [-0.05, 0) is 12.1 Å². The lowest BCUT2D eigenvalue weighted by molar-refractivity contribution is -0.275. The first-order chi connectivity index (χ1) is 12.8. The molecule has 0 aliphatic carbocycles. The van der Waals surface area contributed by atoms with Gasteiger partial charge in [0.05, 0.1) is 0 Å². The van der Waals surface area contributed by atoms with Crippen molar-refractivity contribution >= 4 is 17.6 Å². The zero-order valence-corrected chi connectivity index (χ0v) is 13.6. The van der Waals surface area contributed by atoms with Crippen LogP contribution in [0.1, 0.15) is 5.56 Å². The first kappa shape index (κ1) is 20.9. The Bertz CT molecular complexity index is 850. The average molecular weight is 411 g/mol. The zero-order valence-electron chi connectivity index (χ0n) is 13.6. The number of aromatic nitrogens is 1. The van der Waals surface area contributed by atoms with E-state index in [0.29, 0.717) is 6.07 Å². The molecule has 0 saturated heterocycles. The molecule has 28 heavy (non-hydrogen) atoms. The van der Waals surface area contributed by atoms with Gasteiger partial charge in [-0.1, -0.05) is 0 Å². The van der Waals surface area contributed by atoms with Gasteiger partial charge in [0.15, 0.2) is 0 Å². The molecule has 1 aromatic heterocycles. The van der Waals surface area contributed by atoms with Gasteiger partial charge < -0.3 is 25.7 Å². The number of anilines is 2. The number of nitrogens with two attached hydrogens (primary N) is 2. The molecule has 0 saturated carbocycles. The van der Waals surface area contributed by atoms with Crippen LogP contribution in [0.3, 0.4) is 0 Å². The van der Waals surface area contributed by atoms with Crippen LogP contribution < -0.4 is 25.7 Å². The highest BCUT2D eigenvalue weighted by molar-refractivity contribution is 5.78. The maximum Gasteiger partial charge on any atom is 0.573 e. The summed E-state index contributed by atoms with van der Waals surface area (Å²) in [4.78, 5) is 14.5. The van der Waals surface area contributed by atoms with Crippen molar-refractivity contribution in [2.75, 3.05) is 11.5 Å². The number of pyridine rings is 1. The Hall–Kier alpha value is -3.38. The van der Waals surface area contributed by atoms with Gasteiger partial charge >= 0.3 is 18.5 Å². The fourth-order valence-electron chi connectivity index (χ4n) is 1.89. The maximum absolute atomic E-state index is 12.6. The molecule has 0 bridgehead atoms. The molecule has 0 atom stereocenters. The van der Waals surface area contributed by atoms with Gasteiger partial charge in [0, 0.05) is 23.8 Å². The molecule has 0 amide bonds. The number of hydrogen-bond acceptors (Lipinski definition) is 7. The Morgan fingerprint density at radius 1 is 0.964 bits per heavy atom. The standard InChI is InChI=1S/C15H11F6N3O4/c16-14(17,18)13(25)27-8-2-1-7(10(3-8)28-15(19,20)21)6-26-9-4-11(22)24-12(23)5-9/h1-5H,6H2,(H4,22,23,24). The Labute approximate surface area is 152 Å². The highest BCUT2D eigenvalue weighted by Gasteiger charge is 2.41. The second kappa shape index (κ2) is 7.70. The minimum absolute atomic E-state index is 0.00354. The summed E-state index contributed by atoms with van der Waals surface area (Å²) in [6.45, 7) is -0.498. The molecule has 1 heterocycles. The van der Waals surface area contributed by atoms with Crippen LogP contribution in [0.5, 0.6) is 17.2 Å². The van der Waals surface area contributed by atoms with Crippen LogP contribution in [0.2, 0.25) is 0 Å². The predicted octanol–water partition coefficient (Wildman–Crippen LogP) is 3.19. The Morgan fingerprint density at radius 2 is 1.57 bits per heavy atom. The Morgan fingerprint density at radius 3 is 2.11 bits per heavy atom. The van der Waals surface area contributed by atoms with Gasteiger partial charge in [0.25, 0.3) is 0 Å². The molecule has 1 aromatic carbocycles. The van der Waals surface area contributed by atoms with Crippen LogP contribution in [-0.4, -0.2) is 23.5 Å². The van der Waals surface area contributed by atoms with Crippen LogP contribution in [0.4, 0.5) is 38.0 Å². The van der Waals surface area contributed by atoms with Gasteiger partial charge in [0.2, 0.25) is 0 Å². The molecule has 13 heteroatoms. The summed E-state index contributed by atoms with van der Waals surface area (Å²) < 4.78 is 87.4. The van der Waals surface area contributed by atoms with E-state index in [-0.39, 0.29) is 22.9 Å². The monoisotopic (exact) mass is 411 g/mol. The molecule has 152 valence electrons. The lowest BCUT2D eigenvalue weighted by atomic mass is 10.2. The summed E-state index contributed by atoms with van der Waals surface area (Å²) in [7, 11) is 0. The number of ether oxygens (including phenoxy) is 3. The van der Waals surface area contributed by atoms with Crippen molar-refractivity contribution in [3.05, 3.63) is 35.9 Å². The third-order valence-electron chi connectivity index (χ3n) is 2.94. The minimum atomic E-state index is -5.33. The number of alkyl halides is 6. The summed E-state index contributed by atoms with van der Waals surface area (Å²) >= 11 is 0. The summed E-state index contributed by atoms with van der Waals surface area (Å²) in [6.07, 6.45) is -10.5. The van der Waals surface area contributed by atoms with Gasteiger partial charge in [-0.15, -0.1) is 13.2 Å². The molecule has 0 fully saturated rings. The molecule has 0 spiro atoms. The zero-order chi connectivity index (χ0) is 21.1. The topological polar surface area (TPSA) is 110 Å². The van der Waals surface area contributed by atoms with Gasteiger partial charge in [-0.25, -0.2) is 9.78 Å². The van der Waals surface area contributed by atoms with Crippen molar-refractivity contribution in [1.82, 2.24) is 4.98 Å². The third-order valence-corrected chi connectivity index (χ3v) is 2.94. The first-order valence-electron chi connectivity index (χ1n) is 7.17. The van der Waals surface area contributed by atoms with E-state index in [1.807, 2.05) is 0 Å². The molecule has 2 rings (SSSR count). The van der Waals surface area contributed by atoms with E-state index in [4.69, 9.17) is 16.2 Å². The highest BCUT2D eigenvalue weighted by atomic mass is 19.4. The molecule has 0 unspecified atom stereocenters. The maximum atomic E-state index is 12.6. The van der Waals surface area contributed by atoms with Gasteiger partial charge in [-0.3, -0.25) is 0 Å². The predicted molar refractivity (Wildman–Crippen MR) is 82.2 cm³/mol. The van der Waals surface area contributed by atoms with E-state index in [9.17, 15) is 31.1 Å². The van der Waals surface area contributed by atoms with Crippen molar-refractivity contribution in [2.24, 2.45) is 0 Å². The molecule has 0 radical (unpaired) electrons. The molecule has 4 N–H and O–H groups in total. The lowest BCUT2D eigenvalue weighted by Crippen LogP contribution is -2.28. The fourth-order valence-corrected chi connectivity index (χ4v) is 1.89. The van der Waals surface area contributed by atoms with Crippen LogP contribution in [0.25, 0.3) is 0 Å². The fraction of sp³-hybridized carbons (Fsp3) is 0.200. The van der Waals surface area contributed by atoms with Crippen LogP contribution in [-0.2, 0) is 11.4 Å². The number of nitrogens with zero attached hydrogens (tertiary/aromatic N) is 1. The summed E-state index contributed by atoms with van der Waals surface area (Å²) in [6, 6.07) is 4.76. The second-order valence-corrected chi connectivity index (χ2v) is 5.15. The van der Waals surface area contributed by atoms with Crippen LogP contribution in [0.15, 0.2) is 30.3 Å². The summed E-state index contributed by atoms with van der Waals surface area (Å²) in [5.74, 6) is -4.25. The van der Waals surface area contributed by atoms with E-state index in [1.165, 1.54) is 12.1 Å². The highest BCUT2D eigenvalue weighted by Crippen LogP contribution is 2.32. The SMILES string of the molecule is Nc1cc(OCc2ccc(OC(=O)C(F)(F)F)cc2OC(F)(F)F)cc(N)n1. The van der Waals surface area contributed by atoms with E-state index in [2.05, 4.69) is 14.5 Å². The number of esters is 1. The van der Waals surface area contributed by atoms with Crippen LogP contribution in [0, 0.1) is 0 Å². The molecule has 7 nitrogen and oxygen atoms in total. The van der Waals surface area contributed by atoms with E-state index in [0.717, 1.165) is 12.1 Å². The summed E-state index contributed by atoms with van der Waals surface area (Å²) in [5.41, 5.74) is 10.7. The largest absolute Gasteiger partial charge is 0.573 e. The van der Waals surface area contributed by atoms with Gasteiger partial charge in [0.1, 0.15) is 35.5 Å². The van der Waals surface area contributed by atoms with E-state index >= 15 is 0 Å². The lowest BCUT2D eigenvalue weighted by Gasteiger charge is -2.16. The van der Waals surface area contributed by atoms with Gasteiger partial charge in [-0.2, -0.15) is 13.2 Å². The van der Waals surface area contributed by atoms with Crippen molar-refractivity contribution in [2.45, 2.75) is 19.1 Å². The Kier molecular flexibility index (Phi) is 5.75. The normalized spacial score (nSPS) is 11.8. The van der Waals surface area contributed by atoms with E-state index in [1.54, 1.807) is 0 Å². The number of hydrogen-bond donors (Lipinski definition) is 2. The number of benzene rings is 1. The van der Waals surface area contributed by atoms with Crippen molar-refractivity contribution in [3.63, 3.8) is 0 Å². The third kappa shape index (κ3) is 6.10. The van der Waals surface area contributed by atoms with Crippen molar-refractivity contribution < 1.29 is 45.3 Å². The van der Waals surface area contributed by atoms with E-state index < -0.39 is 36.6 Å². The molecule has 0 aliphatic rings. The number of rotatable bonds is 5. The molecular weight excluding hydrogens is 400 g/mol. The smallest absolute Gasteiger partial charge is 0.488 e.